The number of aromatic hydroxyl groups is 2. The summed E-state index contributed by atoms with van der Waals surface area (Å²) in [4.78, 5) is 24.9. The van der Waals surface area contributed by atoms with Crippen molar-refractivity contribution in [2.24, 2.45) is 0 Å². The number of rotatable bonds is 5. The number of benzene rings is 2. The number of hydrogen-bond donors (Lipinski definition) is 3. The molecular formula is C19H21NO5. The second-order valence-corrected chi connectivity index (χ2v) is 6.25. The number of hydrogen-bond acceptors (Lipinski definition) is 4. The Kier molecular flexibility index (Phi) is 5.32. The summed E-state index contributed by atoms with van der Waals surface area (Å²) in [7, 11) is 1.59. The highest BCUT2D eigenvalue weighted by molar-refractivity contribution is 5.97. The monoisotopic (exact) mass is 343 g/mol. The van der Waals surface area contributed by atoms with E-state index in [0.29, 0.717) is 5.56 Å². The highest BCUT2D eigenvalue weighted by Gasteiger charge is 2.20. The highest BCUT2D eigenvalue weighted by atomic mass is 16.4. The molecule has 6 nitrogen and oxygen atoms in total. The molecule has 0 fully saturated rings. The summed E-state index contributed by atoms with van der Waals surface area (Å²) in [6, 6.07) is 8.92. The van der Waals surface area contributed by atoms with E-state index in [0.717, 1.165) is 5.56 Å². The fraction of sp³-hybridized carbons (Fsp3) is 0.263. The lowest BCUT2D eigenvalue weighted by Crippen LogP contribution is -2.26. The SMILES string of the molecule is CC(C)c1cc(C(=O)N(C)Cc2ccc(C(=O)O)cc2)c(O)cc1O. The molecule has 1 amide bonds. The Bertz CT molecular complexity index is 796. The molecule has 0 aliphatic carbocycles. The normalized spacial score (nSPS) is 10.7. The first-order valence-corrected chi connectivity index (χ1v) is 7.84. The lowest BCUT2D eigenvalue weighted by molar-refractivity contribution is 0.0695. The van der Waals surface area contributed by atoms with Crippen molar-refractivity contribution in [2.75, 3.05) is 7.05 Å². The standard InChI is InChI=1S/C19H21NO5/c1-11(2)14-8-15(17(22)9-16(14)21)18(23)20(3)10-12-4-6-13(7-5-12)19(24)25/h4-9,11,21-22H,10H2,1-3H3,(H,24,25). The number of phenols is 2. The van der Waals surface area contributed by atoms with Gasteiger partial charge in [-0.15, -0.1) is 0 Å². The number of carboxylic acids is 1. The van der Waals surface area contributed by atoms with Crippen LogP contribution >= 0.6 is 0 Å². The van der Waals surface area contributed by atoms with Gasteiger partial charge in [0.15, 0.2) is 0 Å². The van der Waals surface area contributed by atoms with E-state index in [1.54, 1.807) is 19.2 Å². The zero-order chi connectivity index (χ0) is 18.7. The third kappa shape index (κ3) is 4.09. The molecule has 0 saturated carbocycles. The van der Waals surface area contributed by atoms with Crippen LogP contribution in [0.15, 0.2) is 36.4 Å². The summed E-state index contributed by atoms with van der Waals surface area (Å²) in [5.74, 6) is -1.72. The van der Waals surface area contributed by atoms with Crippen molar-refractivity contribution in [3.63, 3.8) is 0 Å². The Hall–Kier alpha value is -3.02. The quantitative estimate of drug-likeness (QED) is 0.774. The molecule has 6 heteroatoms. The van der Waals surface area contributed by atoms with Gasteiger partial charge in [-0.3, -0.25) is 4.79 Å². The molecule has 0 radical (unpaired) electrons. The van der Waals surface area contributed by atoms with Crippen LogP contribution in [-0.2, 0) is 6.54 Å². The number of carbonyl (C=O) groups excluding carboxylic acids is 1. The number of aromatic carboxylic acids is 1. The Morgan fingerprint density at radius 1 is 1.04 bits per heavy atom. The maximum Gasteiger partial charge on any atom is 0.335 e. The second kappa shape index (κ2) is 7.25. The van der Waals surface area contributed by atoms with Crippen LogP contribution in [-0.4, -0.2) is 39.1 Å². The Morgan fingerprint density at radius 2 is 1.64 bits per heavy atom. The fourth-order valence-electron chi connectivity index (χ4n) is 2.53. The average Bonchev–Trinajstić information content (AvgIpc) is 2.54. The zero-order valence-electron chi connectivity index (χ0n) is 14.4. The third-order valence-corrected chi connectivity index (χ3v) is 3.96. The first-order chi connectivity index (χ1) is 11.7. The molecule has 3 N–H and O–H groups in total. The summed E-state index contributed by atoms with van der Waals surface area (Å²) in [6.07, 6.45) is 0. The summed E-state index contributed by atoms with van der Waals surface area (Å²) in [6.45, 7) is 4.03. The van der Waals surface area contributed by atoms with Gasteiger partial charge in [-0.25, -0.2) is 4.79 Å². The van der Waals surface area contributed by atoms with Crippen LogP contribution in [0.4, 0.5) is 0 Å². The molecule has 0 aliphatic heterocycles. The first kappa shape index (κ1) is 18.3. The second-order valence-electron chi connectivity index (χ2n) is 6.25. The molecule has 2 aromatic rings. The zero-order valence-corrected chi connectivity index (χ0v) is 14.4. The largest absolute Gasteiger partial charge is 0.508 e. The van der Waals surface area contributed by atoms with E-state index in [9.17, 15) is 19.8 Å². The number of amides is 1. The predicted octanol–water partition coefficient (Wildman–Crippen LogP) is 3.19. The van der Waals surface area contributed by atoms with Gasteiger partial charge < -0.3 is 20.2 Å². The summed E-state index contributed by atoms with van der Waals surface area (Å²) >= 11 is 0. The van der Waals surface area contributed by atoms with E-state index in [1.165, 1.54) is 29.2 Å². The van der Waals surface area contributed by atoms with Gasteiger partial charge in [0.05, 0.1) is 11.1 Å². The van der Waals surface area contributed by atoms with Crippen molar-refractivity contribution in [3.05, 3.63) is 58.7 Å². The summed E-state index contributed by atoms with van der Waals surface area (Å²) < 4.78 is 0. The number of carbonyl (C=O) groups is 2. The van der Waals surface area contributed by atoms with Crippen molar-refractivity contribution in [1.29, 1.82) is 0 Å². The van der Waals surface area contributed by atoms with Crippen LogP contribution in [0.25, 0.3) is 0 Å². The van der Waals surface area contributed by atoms with Crippen molar-refractivity contribution < 1.29 is 24.9 Å². The molecule has 0 saturated heterocycles. The summed E-state index contributed by atoms with van der Waals surface area (Å²) in [5, 5.41) is 28.8. The van der Waals surface area contributed by atoms with E-state index in [-0.39, 0.29) is 41.0 Å². The van der Waals surface area contributed by atoms with Gasteiger partial charge in [0, 0.05) is 19.7 Å². The first-order valence-electron chi connectivity index (χ1n) is 7.84. The van der Waals surface area contributed by atoms with Crippen molar-refractivity contribution in [3.8, 4) is 11.5 Å². The van der Waals surface area contributed by atoms with Crippen LogP contribution in [0.1, 0.15) is 51.6 Å². The lowest BCUT2D eigenvalue weighted by Gasteiger charge is -2.19. The van der Waals surface area contributed by atoms with Crippen molar-refractivity contribution in [1.82, 2.24) is 4.90 Å². The van der Waals surface area contributed by atoms with E-state index in [4.69, 9.17) is 5.11 Å². The predicted molar refractivity (Wildman–Crippen MR) is 93.1 cm³/mol. The highest BCUT2D eigenvalue weighted by Crippen LogP contribution is 2.32. The van der Waals surface area contributed by atoms with Gasteiger partial charge in [0.25, 0.3) is 5.91 Å². The van der Waals surface area contributed by atoms with Gasteiger partial charge in [0.1, 0.15) is 11.5 Å². The van der Waals surface area contributed by atoms with Crippen LogP contribution < -0.4 is 0 Å². The van der Waals surface area contributed by atoms with Gasteiger partial charge in [-0.1, -0.05) is 26.0 Å². The molecule has 0 aromatic heterocycles. The van der Waals surface area contributed by atoms with Crippen molar-refractivity contribution >= 4 is 11.9 Å². The van der Waals surface area contributed by atoms with Crippen LogP contribution in [0, 0.1) is 0 Å². The van der Waals surface area contributed by atoms with Gasteiger partial charge in [-0.05, 0) is 35.2 Å². The molecule has 0 atom stereocenters. The molecule has 0 aliphatic rings. The average molecular weight is 343 g/mol. The van der Waals surface area contributed by atoms with E-state index in [1.807, 2.05) is 13.8 Å². The lowest BCUT2D eigenvalue weighted by atomic mass is 9.98. The molecule has 2 rings (SSSR count). The molecule has 0 bridgehead atoms. The topological polar surface area (TPSA) is 98.1 Å². The van der Waals surface area contributed by atoms with E-state index in [2.05, 4.69) is 0 Å². The molecule has 0 heterocycles. The van der Waals surface area contributed by atoms with E-state index < -0.39 is 5.97 Å². The summed E-state index contributed by atoms with van der Waals surface area (Å²) in [5.41, 5.74) is 1.64. The van der Waals surface area contributed by atoms with Crippen molar-refractivity contribution in [2.45, 2.75) is 26.3 Å². The molecule has 2 aromatic carbocycles. The Labute approximate surface area is 146 Å². The van der Waals surface area contributed by atoms with Crippen LogP contribution in [0.3, 0.4) is 0 Å². The number of phenolic OH excluding ortho intramolecular Hbond substituents is 2. The Balaban J connectivity index is 2.22. The molecule has 25 heavy (non-hydrogen) atoms. The smallest absolute Gasteiger partial charge is 0.335 e. The molecular weight excluding hydrogens is 322 g/mol. The maximum atomic E-state index is 12.6. The van der Waals surface area contributed by atoms with Gasteiger partial charge in [-0.2, -0.15) is 0 Å². The molecule has 0 unspecified atom stereocenters. The minimum atomic E-state index is -1.01. The van der Waals surface area contributed by atoms with Crippen LogP contribution in [0.5, 0.6) is 11.5 Å². The minimum absolute atomic E-state index is 0.000944. The number of carboxylic acid groups (broad SMARTS) is 1. The number of nitrogens with zero attached hydrogens (tertiary/aromatic N) is 1. The van der Waals surface area contributed by atoms with Gasteiger partial charge >= 0.3 is 5.97 Å². The maximum absolute atomic E-state index is 12.6. The Morgan fingerprint density at radius 3 is 2.16 bits per heavy atom. The molecule has 0 spiro atoms. The molecule has 132 valence electrons. The van der Waals surface area contributed by atoms with E-state index >= 15 is 0 Å². The van der Waals surface area contributed by atoms with Gasteiger partial charge in [0.2, 0.25) is 0 Å². The fourth-order valence-corrected chi connectivity index (χ4v) is 2.53. The minimum Gasteiger partial charge on any atom is -0.508 e. The third-order valence-electron chi connectivity index (χ3n) is 3.96. The van der Waals surface area contributed by atoms with Crippen LogP contribution in [0.2, 0.25) is 0 Å².